The SMILES string of the molecule is O=P(Oc1c(-c2ccccc2)c(-c2ccccc2)cc2ccccc12)(Oc1c(-c2ccccc2)c(-c2ccccc2)cc2ccccc12)Oc1c(-c2ccccc2)c(-c2ccccc2)cc2ccccc12. The van der Waals surface area contributed by atoms with Gasteiger partial charge >= 0.3 is 7.82 Å². The number of phosphoric acid groups is 1. The van der Waals surface area contributed by atoms with Crippen LogP contribution in [0.1, 0.15) is 0 Å². The monoisotopic (exact) mass is 932 g/mol. The lowest BCUT2D eigenvalue weighted by atomic mass is 9.90. The van der Waals surface area contributed by atoms with Gasteiger partial charge in [-0.05, 0) is 84.4 Å². The van der Waals surface area contributed by atoms with Gasteiger partial charge in [-0.25, -0.2) is 0 Å². The molecule has 0 N–H and O–H groups in total. The van der Waals surface area contributed by atoms with Gasteiger partial charge in [-0.2, -0.15) is 4.57 Å². The van der Waals surface area contributed by atoms with E-state index in [9.17, 15) is 0 Å². The zero-order valence-corrected chi connectivity index (χ0v) is 39.5. The highest BCUT2D eigenvalue weighted by atomic mass is 31.2. The van der Waals surface area contributed by atoms with Gasteiger partial charge in [-0.3, -0.25) is 0 Å². The van der Waals surface area contributed by atoms with E-state index >= 15 is 4.57 Å². The van der Waals surface area contributed by atoms with Crippen molar-refractivity contribution < 1.29 is 18.1 Å². The van der Waals surface area contributed by atoms with Gasteiger partial charge in [-0.15, -0.1) is 0 Å². The smallest absolute Gasteiger partial charge is 0.385 e. The highest BCUT2D eigenvalue weighted by molar-refractivity contribution is 7.50. The molecule has 0 unspecified atom stereocenters. The molecule has 0 fully saturated rings. The van der Waals surface area contributed by atoms with Gasteiger partial charge < -0.3 is 13.6 Å². The van der Waals surface area contributed by atoms with Gasteiger partial charge in [0.05, 0.1) is 0 Å². The van der Waals surface area contributed by atoms with Crippen molar-refractivity contribution in [3.63, 3.8) is 0 Å². The number of benzene rings is 12. The summed E-state index contributed by atoms with van der Waals surface area (Å²) in [7, 11) is -4.97. The van der Waals surface area contributed by atoms with Crippen molar-refractivity contribution in [2.24, 2.45) is 0 Å². The van der Waals surface area contributed by atoms with Crippen LogP contribution in [0, 0.1) is 0 Å². The second kappa shape index (κ2) is 18.9. The average Bonchev–Trinajstić information content (AvgIpc) is 3.44. The van der Waals surface area contributed by atoms with Crippen molar-refractivity contribution in [3.05, 3.63) is 273 Å². The summed E-state index contributed by atoms with van der Waals surface area (Å²) in [5, 5.41) is 4.93. The van der Waals surface area contributed by atoms with E-state index in [1.807, 2.05) is 164 Å². The fourth-order valence-corrected chi connectivity index (χ4v) is 11.2. The summed E-state index contributed by atoms with van der Waals surface area (Å²) in [5.41, 5.74) is 10.5. The third kappa shape index (κ3) is 8.42. The van der Waals surface area contributed by atoms with Crippen molar-refractivity contribution in [2.75, 3.05) is 0 Å². The zero-order chi connectivity index (χ0) is 47.6. The maximum atomic E-state index is 17.5. The fourth-order valence-electron chi connectivity index (χ4n) is 9.83. The topological polar surface area (TPSA) is 44.8 Å². The Morgan fingerprint density at radius 1 is 0.239 bits per heavy atom. The molecule has 0 heterocycles. The van der Waals surface area contributed by atoms with Crippen LogP contribution in [-0.2, 0) is 4.57 Å². The quantitative estimate of drug-likeness (QED) is 0.115. The molecule has 0 bridgehead atoms. The molecule has 0 saturated heterocycles. The molecule has 0 aliphatic heterocycles. The van der Waals surface area contributed by atoms with E-state index in [1.54, 1.807) is 0 Å². The minimum Gasteiger partial charge on any atom is -0.385 e. The Labute approximate surface area is 413 Å². The van der Waals surface area contributed by atoms with Gasteiger partial charge in [0.2, 0.25) is 0 Å². The molecule has 12 rings (SSSR count). The number of phosphoric ester groups is 1. The van der Waals surface area contributed by atoms with Crippen LogP contribution >= 0.6 is 7.82 Å². The third-order valence-corrected chi connectivity index (χ3v) is 14.3. The highest BCUT2D eigenvalue weighted by Gasteiger charge is 2.40. The molecule has 0 aliphatic rings. The molecular weight excluding hydrogens is 888 g/mol. The Morgan fingerprint density at radius 3 is 0.704 bits per heavy atom. The summed E-state index contributed by atoms with van der Waals surface area (Å²) in [5.74, 6) is 1.10. The standard InChI is InChI=1S/C66H45O4P/c67-71(68-64-55-40-22-19-37-52(55)43-58(46-25-7-1-8-26-46)61(64)49-31-13-4-14-32-49,69-65-56-41-23-20-38-53(56)44-59(47-27-9-2-10-28-47)62(65)50-33-15-5-16-34-50)70-66-57-42-24-21-39-54(57)45-60(48-29-11-3-12-30-48)63(66)51-35-17-6-18-36-51/h1-45H. The van der Waals surface area contributed by atoms with Gasteiger partial charge in [-0.1, -0.05) is 255 Å². The first-order valence-electron chi connectivity index (χ1n) is 23.8. The largest absolute Gasteiger partial charge is 0.647 e. The lowest BCUT2D eigenvalue weighted by molar-refractivity contribution is 0.303. The van der Waals surface area contributed by atoms with Crippen LogP contribution in [0.25, 0.3) is 99.1 Å². The highest BCUT2D eigenvalue weighted by Crippen LogP contribution is 2.60. The summed E-state index contributed by atoms with van der Waals surface area (Å²) >= 11 is 0. The van der Waals surface area contributed by atoms with Crippen LogP contribution in [0.4, 0.5) is 0 Å². The summed E-state index contributed by atoms with van der Waals surface area (Å²) in [4.78, 5) is 0. The van der Waals surface area contributed by atoms with Crippen LogP contribution in [0.15, 0.2) is 273 Å². The van der Waals surface area contributed by atoms with Crippen molar-refractivity contribution in [2.45, 2.75) is 0 Å². The molecule has 12 aromatic rings. The predicted octanol–water partition coefficient (Wildman–Crippen LogP) is 18.8. The van der Waals surface area contributed by atoms with E-state index in [4.69, 9.17) is 13.6 Å². The molecule has 0 radical (unpaired) electrons. The van der Waals surface area contributed by atoms with Crippen molar-refractivity contribution in [1.29, 1.82) is 0 Å². The molecule has 338 valence electrons. The van der Waals surface area contributed by atoms with E-state index in [0.29, 0.717) is 17.2 Å². The van der Waals surface area contributed by atoms with Crippen LogP contribution in [0.2, 0.25) is 0 Å². The van der Waals surface area contributed by atoms with E-state index in [1.165, 1.54) is 0 Å². The second-order valence-corrected chi connectivity index (χ2v) is 18.9. The van der Waals surface area contributed by atoms with Crippen LogP contribution in [0.5, 0.6) is 17.2 Å². The molecule has 0 saturated carbocycles. The summed E-state index contributed by atoms with van der Waals surface area (Å²) in [6, 6.07) is 91.9. The average molecular weight is 933 g/mol. The predicted molar refractivity (Wildman–Crippen MR) is 294 cm³/mol. The van der Waals surface area contributed by atoms with E-state index in [-0.39, 0.29) is 0 Å². The summed E-state index contributed by atoms with van der Waals surface area (Å²) in [6.07, 6.45) is 0. The number of hydrogen-bond donors (Lipinski definition) is 0. The maximum Gasteiger partial charge on any atom is 0.647 e. The van der Waals surface area contributed by atoms with E-state index in [0.717, 1.165) is 99.1 Å². The maximum absolute atomic E-state index is 17.5. The zero-order valence-electron chi connectivity index (χ0n) is 38.6. The van der Waals surface area contributed by atoms with Gasteiger partial charge in [0, 0.05) is 32.8 Å². The molecule has 71 heavy (non-hydrogen) atoms. The fraction of sp³-hybridized carbons (Fsp3) is 0. The van der Waals surface area contributed by atoms with Crippen LogP contribution in [0.3, 0.4) is 0 Å². The Kier molecular flexibility index (Phi) is 11.5. The van der Waals surface area contributed by atoms with Gasteiger partial charge in [0.15, 0.2) is 0 Å². The Balaban J connectivity index is 1.20. The summed E-state index contributed by atoms with van der Waals surface area (Å²) < 4.78 is 39.8. The molecule has 0 aliphatic carbocycles. The Hall–Kier alpha value is -8.95. The van der Waals surface area contributed by atoms with E-state index in [2.05, 4.69) is 109 Å². The van der Waals surface area contributed by atoms with Crippen LogP contribution < -0.4 is 13.6 Å². The minimum absolute atomic E-state index is 0.367. The molecular formula is C66H45O4P. The lowest BCUT2D eigenvalue weighted by Gasteiger charge is -2.27. The molecule has 4 nitrogen and oxygen atoms in total. The molecule has 0 atom stereocenters. The first kappa shape index (κ1) is 43.3. The third-order valence-electron chi connectivity index (χ3n) is 13.1. The normalized spacial score (nSPS) is 11.4. The van der Waals surface area contributed by atoms with Gasteiger partial charge in [0.25, 0.3) is 0 Å². The molecule has 0 amide bonds. The molecule has 12 aromatic carbocycles. The molecule has 0 spiro atoms. The second-order valence-electron chi connectivity index (χ2n) is 17.5. The van der Waals surface area contributed by atoms with Crippen molar-refractivity contribution in [3.8, 4) is 84.0 Å². The lowest BCUT2D eigenvalue weighted by Crippen LogP contribution is -2.11. The first-order valence-corrected chi connectivity index (χ1v) is 25.2. The van der Waals surface area contributed by atoms with Crippen LogP contribution in [-0.4, -0.2) is 0 Å². The Morgan fingerprint density at radius 2 is 0.451 bits per heavy atom. The minimum atomic E-state index is -4.97. The van der Waals surface area contributed by atoms with Gasteiger partial charge in [0.1, 0.15) is 17.2 Å². The van der Waals surface area contributed by atoms with Crippen molar-refractivity contribution >= 4 is 40.1 Å². The molecule has 0 aromatic heterocycles. The van der Waals surface area contributed by atoms with E-state index < -0.39 is 7.82 Å². The number of fused-ring (bicyclic) bond motifs is 3. The first-order chi connectivity index (χ1) is 35.1. The number of rotatable bonds is 12. The Bertz CT molecular complexity index is 3490. The van der Waals surface area contributed by atoms with Crippen molar-refractivity contribution in [1.82, 2.24) is 0 Å². The molecule has 5 heteroatoms. The summed E-state index contributed by atoms with van der Waals surface area (Å²) in [6.45, 7) is 0. The number of hydrogen-bond acceptors (Lipinski definition) is 4.